The molecule has 0 amide bonds. The van der Waals surface area contributed by atoms with Crippen LogP contribution >= 0.6 is 0 Å². The summed E-state index contributed by atoms with van der Waals surface area (Å²) in [6, 6.07) is 1.000. The molecule has 1 aliphatic rings. The monoisotopic (exact) mass is 219 g/mol. The summed E-state index contributed by atoms with van der Waals surface area (Å²) >= 11 is 0. The highest BCUT2D eigenvalue weighted by Crippen LogP contribution is 2.11. The van der Waals surface area contributed by atoms with E-state index in [1.54, 1.807) is 0 Å². The van der Waals surface area contributed by atoms with Gasteiger partial charge >= 0.3 is 0 Å². The number of hydrogen-bond donors (Lipinski definition) is 1. The molecule has 0 spiro atoms. The maximum absolute atomic E-state index is 4.34. The van der Waals surface area contributed by atoms with Crippen molar-refractivity contribution < 1.29 is 0 Å². The molecule has 1 N–H and O–H groups in total. The third kappa shape index (κ3) is 2.95. The van der Waals surface area contributed by atoms with Gasteiger partial charge in [0.25, 0.3) is 0 Å². The minimum absolute atomic E-state index is 0.448. The van der Waals surface area contributed by atoms with Crippen LogP contribution in [0.1, 0.15) is 44.7 Å². The number of hydrogen-bond acceptors (Lipinski definition) is 2. The van der Waals surface area contributed by atoms with E-state index in [4.69, 9.17) is 0 Å². The predicted octanol–water partition coefficient (Wildman–Crippen LogP) is 2.66. The summed E-state index contributed by atoms with van der Waals surface area (Å²) in [4.78, 5) is 0. The highest BCUT2D eigenvalue weighted by atomic mass is 15.3. The molecule has 1 aromatic heterocycles. The van der Waals surface area contributed by atoms with Crippen molar-refractivity contribution in [2.75, 3.05) is 0 Å². The van der Waals surface area contributed by atoms with E-state index in [9.17, 15) is 0 Å². The average molecular weight is 219 g/mol. The Hall–Kier alpha value is -1.09. The Morgan fingerprint density at radius 1 is 1.56 bits per heavy atom. The lowest BCUT2D eigenvalue weighted by Crippen LogP contribution is -2.27. The summed E-state index contributed by atoms with van der Waals surface area (Å²) in [7, 11) is 0. The lowest BCUT2D eigenvalue weighted by molar-refractivity contribution is 0.518. The summed E-state index contributed by atoms with van der Waals surface area (Å²) in [5.74, 6) is 0. The third-order valence-corrected chi connectivity index (χ3v) is 3.01. The van der Waals surface area contributed by atoms with Crippen molar-refractivity contribution in [3.05, 3.63) is 30.1 Å². The van der Waals surface area contributed by atoms with Crippen LogP contribution in [0.15, 0.2) is 24.5 Å². The molecule has 1 atom stereocenters. The predicted molar refractivity (Wildman–Crippen MR) is 66.2 cm³/mol. The summed E-state index contributed by atoms with van der Waals surface area (Å²) in [6.45, 7) is 5.21. The summed E-state index contributed by atoms with van der Waals surface area (Å²) in [6.07, 6.45) is 12.5. The first-order valence-electron chi connectivity index (χ1n) is 6.19. The van der Waals surface area contributed by atoms with Gasteiger partial charge in [-0.05, 0) is 33.1 Å². The molecule has 0 fully saturated rings. The van der Waals surface area contributed by atoms with Gasteiger partial charge in [0.2, 0.25) is 0 Å². The van der Waals surface area contributed by atoms with E-state index in [0.29, 0.717) is 12.1 Å². The molecule has 3 nitrogen and oxygen atoms in total. The van der Waals surface area contributed by atoms with Crippen LogP contribution in [0.4, 0.5) is 0 Å². The molecule has 0 aromatic carbocycles. The largest absolute Gasteiger partial charge is 0.306 e. The van der Waals surface area contributed by atoms with Crippen molar-refractivity contribution in [1.82, 2.24) is 15.1 Å². The van der Waals surface area contributed by atoms with Gasteiger partial charge in [0.05, 0.1) is 6.20 Å². The summed E-state index contributed by atoms with van der Waals surface area (Å²) < 4.78 is 2.01. The second-order valence-corrected chi connectivity index (χ2v) is 4.77. The second-order valence-electron chi connectivity index (χ2n) is 4.77. The maximum Gasteiger partial charge on any atom is 0.0534 e. The number of allylic oxidation sites excluding steroid dienone is 1. The van der Waals surface area contributed by atoms with Crippen LogP contribution in [0.25, 0.3) is 0 Å². The molecule has 1 aliphatic carbocycles. The fourth-order valence-electron chi connectivity index (χ4n) is 1.98. The molecule has 0 saturated heterocycles. The molecule has 1 heterocycles. The van der Waals surface area contributed by atoms with Crippen LogP contribution in [0.3, 0.4) is 0 Å². The van der Waals surface area contributed by atoms with E-state index in [1.165, 1.54) is 24.8 Å². The van der Waals surface area contributed by atoms with Gasteiger partial charge in [-0.25, -0.2) is 0 Å². The van der Waals surface area contributed by atoms with E-state index >= 15 is 0 Å². The van der Waals surface area contributed by atoms with Gasteiger partial charge in [0.1, 0.15) is 0 Å². The Labute approximate surface area is 97.5 Å². The molecular formula is C13H21N3. The zero-order valence-electron chi connectivity index (χ0n) is 10.2. The Bertz CT molecular complexity index is 352. The third-order valence-electron chi connectivity index (χ3n) is 3.01. The van der Waals surface area contributed by atoms with Crippen LogP contribution in [-0.2, 0) is 6.54 Å². The Balaban J connectivity index is 1.84. The molecule has 1 aromatic rings. The van der Waals surface area contributed by atoms with Crippen LogP contribution in [0, 0.1) is 0 Å². The van der Waals surface area contributed by atoms with Gasteiger partial charge in [-0.1, -0.05) is 12.2 Å². The number of nitrogens with one attached hydrogen (secondary N) is 1. The van der Waals surface area contributed by atoms with E-state index in [1.807, 2.05) is 10.9 Å². The van der Waals surface area contributed by atoms with Gasteiger partial charge in [-0.2, -0.15) is 5.10 Å². The molecule has 2 rings (SSSR count). The fourth-order valence-corrected chi connectivity index (χ4v) is 1.98. The summed E-state index contributed by atoms with van der Waals surface area (Å²) in [5.41, 5.74) is 1.27. The normalized spacial score (nSPS) is 20.6. The molecule has 1 unspecified atom stereocenters. The van der Waals surface area contributed by atoms with Crippen LogP contribution in [-0.4, -0.2) is 15.8 Å². The molecule has 3 heteroatoms. The van der Waals surface area contributed by atoms with Crippen LogP contribution in [0.5, 0.6) is 0 Å². The number of nitrogens with zero attached hydrogens (tertiary/aromatic N) is 2. The van der Waals surface area contributed by atoms with Gasteiger partial charge in [-0.3, -0.25) is 4.68 Å². The molecule has 0 radical (unpaired) electrons. The minimum atomic E-state index is 0.448. The number of rotatable bonds is 4. The minimum Gasteiger partial charge on any atom is -0.306 e. The van der Waals surface area contributed by atoms with Crippen molar-refractivity contribution >= 4 is 0 Å². The van der Waals surface area contributed by atoms with E-state index in [-0.39, 0.29) is 0 Å². The van der Waals surface area contributed by atoms with Crippen molar-refractivity contribution in [2.24, 2.45) is 0 Å². The van der Waals surface area contributed by atoms with Crippen molar-refractivity contribution in [2.45, 2.75) is 51.7 Å². The van der Waals surface area contributed by atoms with E-state index in [2.05, 4.69) is 42.6 Å². The van der Waals surface area contributed by atoms with Gasteiger partial charge in [-0.15, -0.1) is 0 Å². The number of aromatic nitrogens is 2. The topological polar surface area (TPSA) is 29.9 Å². The first kappa shape index (κ1) is 11.4. The zero-order valence-corrected chi connectivity index (χ0v) is 10.2. The Morgan fingerprint density at radius 3 is 3.06 bits per heavy atom. The van der Waals surface area contributed by atoms with Gasteiger partial charge < -0.3 is 5.32 Å². The lowest BCUT2D eigenvalue weighted by Gasteiger charge is -2.17. The zero-order chi connectivity index (χ0) is 11.4. The first-order valence-corrected chi connectivity index (χ1v) is 6.19. The lowest BCUT2D eigenvalue weighted by atomic mass is 10.0. The van der Waals surface area contributed by atoms with Crippen molar-refractivity contribution in [3.8, 4) is 0 Å². The first-order chi connectivity index (χ1) is 7.75. The highest BCUT2D eigenvalue weighted by Gasteiger charge is 2.08. The molecule has 0 aliphatic heterocycles. The van der Waals surface area contributed by atoms with Gasteiger partial charge in [0.15, 0.2) is 0 Å². The SMILES string of the molecule is CC(C)n1cc(CNC2C=CCCC2)cn1. The quantitative estimate of drug-likeness (QED) is 0.789. The average Bonchev–Trinajstić information content (AvgIpc) is 2.76. The van der Waals surface area contributed by atoms with Crippen LogP contribution < -0.4 is 5.32 Å². The molecule has 0 saturated carbocycles. The molecule has 88 valence electrons. The standard InChI is InChI=1S/C13H21N3/c1-11(2)16-10-12(9-15-16)8-14-13-6-4-3-5-7-13/h4,6,9-11,13-14H,3,5,7-8H2,1-2H3. The Kier molecular flexibility index (Phi) is 3.78. The highest BCUT2D eigenvalue weighted by molar-refractivity contribution is 5.06. The maximum atomic E-state index is 4.34. The van der Waals surface area contributed by atoms with Crippen LogP contribution in [0.2, 0.25) is 0 Å². The van der Waals surface area contributed by atoms with Gasteiger partial charge in [0, 0.05) is 30.4 Å². The summed E-state index contributed by atoms with van der Waals surface area (Å²) in [5, 5.41) is 7.89. The molecular weight excluding hydrogens is 198 g/mol. The van der Waals surface area contributed by atoms with E-state index in [0.717, 1.165) is 6.54 Å². The molecule has 16 heavy (non-hydrogen) atoms. The molecule has 0 bridgehead atoms. The van der Waals surface area contributed by atoms with Crippen molar-refractivity contribution in [1.29, 1.82) is 0 Å². The van der Waals surface area contributed by atoms with E-state index < -0.39 is 0 Å². The smallest absolute Gasteiger partial charge is 0.0534 e. The Morgan fingerprint density at radius 2 is 2.44 bits per heavy atom. The second kappa shape index (κ2) is 5.30. The fraction of sp³-hybridized carbons (Fsp3) is 0.615. The van der Waals surface area contributed by atoms with Crippen molar-refractivity contribution in [3.63, 3.8) is 0 Å².